The number of likely N-dealkylation sites (tertiary alicyclic amines) is 1. The van der Waals surface area contributed by atoms with Crippen molar-refractivity contribution in [2.75, 3.05) is 19.6 Å². The van der Waals surface area contributed by atoms with E-state index in [-0.39, 0.29) is 24.5 Å². The van der Waals surface area contributed by atoms with Crippen molar-refractivity contribution in [1.29, 1.82) is 0 Å². The average molecular weight is 214 g/mol. The van der Waals surface area contributed by atoms with E-state index in [1.54, 1.807) is 4.90 Å². The Morgan fingerprint density at radius 1 is 1.60 bits per heavy atom. The number of aliphatic hydroxyl groups is 1. The molecule has 0 unspecified atom stereocenters. The van der Waals surface area contributed by atoms with Crippen LogP contribution in [-0.4, -0.2) is 41.7 Å². The van der Waals surface area contributed by atoms with Crippen LogP contribution < -0.4 is 5.73 Å². The van der Waals surface area contributed by atoms with Gasteiger partial charge >= 0.3 is 0 Å². The summed E-state index contributed by atoms with van der Waals surface area (Å²) in [7, 11) is 0. The summed E-state index contributed by atoms with van der Waals surface area (Å²) in [6.07, 6.45) is 1.40. The van der Waals surface area contributed by atoms with Gasteiger partial charge in [-0.05, 0) is 18.8 Å². The van der Waals surface area contributed by atoms with Gasteiger partial charge in [-0.3, -0.25) is 4.79 Å². The molecule has 3 N–H and O–H groups in total. The number of nitrogens with two attached hydrogens (primary N) is 1. The molecule has 88 valence electrons. The average Bonchev–Trinajstić information content (AvgIpc) is 2.19. The Morgan fingerprint density at radius 2 is 2.27 bits per heavy atom. The van der Waals surface area contributed by atoms with Crippen LogP contribution in [0.25, 0.3) is 0 Å². The molecular formula is C11H22N2O2. The van der Waals surface area contributed by atoms with Crippen molar-refractivity contribution in [2.24, 2.45) is 17.6 Å². The van der Waals surface area contributed by atoms with Crippen LogP contribution in [-0.2, 0) is 4.79 Å². The number of carbonyl (C=O) groups excluding carboxylic acids is 1. The first-order chi connectivity index (χ1) is 7.04. The summed E-state index contributed by atoms with van der Waals surface area (Å²) >= 11 is 0. The van der Waals surface area contributed by atoms with Gasteiger partial charge in [-0.25, -0.2) is 0 Å². The molecule has 0 bridgehead atoms. The monoisotopic (exact) mass is 214 g/mol. The highest BCUT2D eigenvalue weighted by atomic mass is 16.3. The van der Waals surface area contributed by atoms with Gasteiger partial charge in [0.25, 0.3) is 0 Å². The molecule has 0 radical (unpaired) electrons. The Bertz CT molecular complexity index is 219. The van der Waals surface area contributed by atoms with Gasteiger partial charge in [0.1, 0.15) is 0 Å². The molecule has 0 aromatic rings. The number of hydrogen-bond donors (Lipinski definition) is 2. The molecule has 0 aromatic carbocycles. The van der Waals surface area contributed by atoms with Crippen molar-refractivity contribution >= 4 is 5.91 Å². The standard InChI is InChI=1S/C11H22N2O2/c1-8(2)5-9-7-13(11(15)6-12)4-3-10(9)14/h8-10,14H,3-7,12H2,1-2H3/t9-,10+/m1/s1. The molecule has 2 atom stereocenters. The first-order valence-electron chi connectivity index (χ1n) is 5.70. The van der Waals surface area contributed by atoms with Gasteiger partial charge in [0, 0.05) is 19.0 Å². The highest BCUT2D eigenvalue weighted by Gasteiger charge is 2.29. The summed E-state index contributed by atoms with van der Waals surface area (Å²) < 4.78 is 0. The van der Waals surface area contributed by atoms with Gasteiger partial charge in [-0.1, -0.05) is 13.8 Å². The molecule has 1 amide bonds. The van der Waals surface area contributed by atoms with Crippen LogP contribution in [0.4, 0.5) is 0 Å². The number of hydrogen-bond acceptors (Lipinski definition) is 3. The Balaban J connectivity index is 2.51. The molecule has 15 heavy (non-hydrogen) atoms. The Morgan fingerprint density at radius 3 is 2.80 bits per heavy atom. The lowest BCUT2D eigenvalue weighted by Gasteiger charge is -2.36. The fourth-order valence-electron chi connectivity index (χ4n) is 2.21. The van der Waals surface area contributed by atoms with E-state index in [2.05, 4.69) is 13.8 Å². The van der Waals surface area contributed by atoms with Gasteiger partial charge in [0.05, 0.1) is 12.6 Å². The molecule has 1 aliphatic heterocycles. The Kier molecular flexibility index (Phi) is 4.54. The molecule has 4 heteroatoms. The Labute approximate surface area is 91.4 Å². The van der Waals surface area contributed by atoms with E-state index in [0.717, 1.165) is 6.42 Å². The maximum Gasteiger partial charge on any atom is 0.236 e. The molecule has 1 heterocycles. The highest BCUT2D eigenvalue weighted by Crippen LogP contribution is 2.23. The quantitative estimate of drug-likeness (QED) is 0.705. The fraction of sp³-hybridized carbons (Fsp3) is 0.909. The lowest BCUT2D eigenvalue weighted by atomic mass is 9.87. The van der Waals surface area contributed by atoms with Crippen molar-refractivity contribution in [1.82, 2.24) is 4.90 Å². The number of aliphatic hydroxyl groups excluding tert-OH is 1. The van der Waals surface area contributed by atoms with Gasteiger partial charge < -0.3 is 15.7 Å². The van der Waals surface area contributed by atoms with Crippen molar-refractivity contribution in [3.63, 3.8) is 0 Å². The Hall–Kier alpha value is -0.610. The van der Waals surface area contributed by atoms with Gasteiger partial charge in [-0.2, -0.15) is 0 Å². The number of amides is 1. The van der Waals surface area contributed by atoms with E-state index in [1.165, 1.54) is 0 Å². The van der Waals surface area contributed by atoms with Gasteiger partial charge in [-0.15, -0.1) is 0 Å². The molecular weight excluding hydrogens is 192 g/mol. The smallest absolute Gasteiger partial charge is 0.236 e. The van der Waals surface area contributed by atoms with Crippen LogP contribution in [0.15, 0.2) is 0 Å². The third-order valence-electron chi connectivity index (χ3n) is 3.00. The summed E-state index contributed by atoms with van der Waals surface area (Å²) in [5.74, 6) is 0.766. The summed E-state index contributed by atoms with van der Waals surface area (Å²) in [5.41, 5.74) is 5.33. The van der Waals surface area contributed by atoms with Crippen LogP contribution in [0.3, 0.4) is 0 Å². The van der Waals surface area contributed by atoms with Crippen molar-refractivity contribution < 1.29 is 9.90 Å². The lowest BCUT2D eigenvalue weighted by molar-refractivity contribution is -0.133. The van der Waals surface area contributed by atoms with E-state index >= 15 is 0 Å². The van der Waals surface area contributed by atoms with Crippen molar-refractivity contribution in [3.05, 3.63) is 0 Å². The van der Waals surface area contributed by atoms with Crippen LogP contribution in [0.2, 0.25) is 0 Å². The van der Waals surface area contributed by atoms with Gasteiger partial charge in [0.2, 0.25) is 5.91 Å². The number of carbonyl (C=O) groups is 1. The third kappa shape index (κ3) is 3.47. The summed E-state index contributed by atoms with van der Waals surface area (Å²) in [5, 5.41) is 9.82. The minimum atomic E-state index is -0.255. The second kappa shape index (κ2) is 5.47. The summed E-state index contributed by atoms with van der Waals surface area (Å²) in [6.45, 7) is 5.65. The second-order valence-corrected chi connectivity index (χ2v) is 4.79. The van der Waals surface area contributed by atoms with Gasteiger partial charge in [0.15, 0.2) is 0 Å². The molecule has 0 spiro atoms. The predicted molar refractivity (Wildman–Crippen MR) is 59.2 cm³/mol. The van der Waals surface area contributed by atoms with E-state index in [0.29, 0.717) is 25.4 Å². The maximum atomic E-state index is 11.4. The molecule has 4 nitrogen and oxygen atoms in total. The van der Waals surface area contributed by atoms with Crippen LogP contribution in [0.1, 0.15) is 26.7 Å². The number of nitrogens with zero attached hydrogens (tertiary/aromatic N) is 1. The molecule has 1 aliphatic rings. The normalized spacial score (nSPS) is 27.1. The van der Waals surface area contributed by atoms with Crippen LogP contribution in [0.5, 0.6) is 0 Å². The topological polar surface area (TPSA) is 66.6 Å². The largest absolute Gasteiger partial charge is 0.393 e. The van der Waals surface area contributed by atoms with Crippen molar-refractivity contribution in [2.45, 2.75) is 32.8 Å². The molecule has 1 fully saturated rings. The van der Waals surface area contributed by atoms with Crippen LogP contribution in [0, 0.1) is 11.8 Å². The van der Waals surface area contributed by atoms with Crippen molar-refractivity contribution in [3.8, 4) is 0 Å². The maximum absolute atomic E-state index is 11.4. The minimum Gasteiger partial charge on any atom is -0.393 e. The zero-order valence-electron chi connectivity index (χ0n) is 9.65. The van der Waals surface area contributed by atoms with E-state index < -0.39 is 0 Å². The molecule has 1 rings (SSSR count). The fourth-order valence-corrected chi connectivity index (χ4v) is 2.21. The second-order valence-electron chi connectivity index (χ2n) is 4.79. The van der Waals surface area contributed by atoms with E-state index in [1.807, 2.05) is 0 Å². The summed E-state index contributed by atoms with van der Waals surface area (Å²) in [6, 6.07) is 0. The predicted octanol–water partition coefficient (Wildman–Crippen LogP) is 0.201. The zero-order chi connectivity index (χ0) is 11.4. The number of piperidine rings is 1. The molecule has 0 aromatic heterocycles. The molecule has 0 saturated carbocycles. The zero-order valence-corrected chi connectivity index (χ0v) is 9.65. The SMILES string of the molecule is CC(C)C[C@@H]1CN(C(=O)CN)CC[C@@H]1O. The third-order valence-corrected chi connectivity index (χ3v) is 3.00. The molecule has 1 saturated heterocycles. The number of rotatable bonds is 3. The first-order valence-corrected chi connectivity index (χ1v) is 5.70. The van der Waals surface area contributed by atoms with E-state index in [9.17, 15) is 9.90 Å². The highest BCUT2D eigenvalue weighted by molar-refractivity contribution is 5.78. The first kappa shape index (κ1) is 12.5. The molecule has 0 aliphatic carbocycles. The summed E-state index contributed by atoms with van der Waals surface area (Å²) in [4.78, 5) is 13.2. The van der Waals surface area contributed by atoms with E-state index in [4.69, 9.17) is 5.73 Å². The van der Waals surface area contributed by atoms with Crippen LogP contribution >= 0.6 is 0 Å². The lowest BCUT2D eigenvalue weighted by Crippen LogP contribution is -2.48. The minimum absolute atomic E-state index is 0.00402.